The van der Waals surface area contributed by atoms with Gasteiger partial charge in [0.2, 0.25) is 11.8 Å². The van der Waals surface area contributed by atoms with Crippen molar-refractivity contribution in [1.82, 2.24) is 35.1 Å². The molecule has 1 unspecified atom stereocenters. The number of benzene rings is 1. The van der Waals surface area contributed by atoms with Crippen LogP contribution in [0, 0.1) is 6.92 Å². The quantitative estimate of drug-likeness (QED) is 0.540. The van der Waals surface area contributed by atoms with E-state index in [4.69, 9.17) is 4.42 Å². The van der Waals surface area contributed by atoms with Crippen LogP contribution < -0.4 is 5.32 Å². The normalized spacial score (nSPS) is 19.6. The summed E-state index contributed by atoms with van der Waals surface area (Å²) in [5.41, 5.74) is 2.76. The number of rotatable bonds is 3. The Bertz CT molecular complexity index is 1410. The molecule has 1 saturated heterocycles. The number of hydrogen-bond donors (Lipinski definition) is 1. The van der Waals surface area contributed by atoms with Crippen molar-refractivity contribution in [3.05, 3.63) is 58.6 Å². The van der Waals surface area contributed by atoms with Crippen molar-refractivity contribution < 1.29 is 23.6 Å². The van der Waals surface area contributed by atoms with Gasteiger partial charge < -0.3 is 14.2 Å². The molecule has 5 heterocycles. The van der Waals surface area contributed by atoms with Gasteiger partial charge in [-0.3, -0.25) is 24.5 Å². The predicted octanol–water partition coefficient (Wildman–Crippen LogP) is 0.523. The van der Waals surface area contributed by atoms with Crippen molar-refractivity contribution in [1.29, 1.82) is 0 Å². The zero-order valence-corrected chi connectivity index (χ0v) is 18.9. The maximum Gasteiger partial charge on any atom is 0.276 e. The van der Waals surface area contributed by atoms with Crippen LogP contribution in [0.15, 0.2) is 28.8 Å². The number of imide groups is 1. The van der Waals surface area contributed by atoms with Gasteiger partial charge in [0.25, 0.3) is 11.8 Å². The van der Waals surface area contributed by atoms with E-state index in [9.17, 15) is 19.2 Å². The van der Waals surface area contributed by atoms with Crippen LogP contribution in [0.25, 0.3) is 5.69 Å². The molecule has 3 aromatic rings. The lowest BCUT2D eigenvalue weighted by molar-refractivity contribution is -0.136. The highest BCUT2D eigenvalue weighted by atomic mass is 16.4. The zero-order chi connectivity index (χ0) is 24.3. The average molecular weight is 475 g/mol. The van der Waals surface area contributed by atoms with Gasteiger partial charge in [-0.05, 0) is 24.1 Å². The zero-order valence-electron chi connectivity index (χ0n) is 18.9. The topological polar surface area (TPSA) is 144 Å². The van der Waals surface area contributed by atoms with E-state index in [1.807, 2.05) is 0 Å². The van der Waals surface area contributed by atoms with E-state index in [0.29, 0.717) is 49.6 Å². The Morgan fingerprint density at radius 1 is 1.17 bits per heavy atom. The van der Waals surface area contributed by atoms with Crippen molar-refractivity contribution in [2.24, 2.45) is 0 Å². The molecule has 2 aromatic heterocycles. The minimum absolute atomic E-state index is 0.186. The number of oxazole rings is 1. The summed E-state index contributed by atoms with van der Waals surface area (Å²) in [6, 6.07) is 4.59. The Balaban J connectivity index is 1.20. The Kier molecular flexibility index (Phi) is 4.76. The van der Waals surface area contributed by atoms with E-state index in [2.05, 4.69) is 20.6 Å². The number of nitrogens with zero attached hydrogens (tertiary/aromatic N) is 6. The molecule has 0 radical (unpaired) electrons. The molecule has 1 fully saturated rings. The van der Waals surface area contributed by atoms with Gasteiger partial charge in [-0.15, -0.1) is 5.10 Å². The molecule has 1 atom stereocenters. The molecular formula is C23H21N7O5. The molecule has 1 N–H and O–H groups in total. The first-order valence-electron chi connectivity index (χ1n) is 11.3. The van der Waals surface area contributed by atoms with Crippen LogP contribution in [-0.2, 0) is 29.1 Å². The number of carbonyl (C=O) groups is 4. The van der Waals surface area contributed by atoms with Gasteiger partial charge in [0, 0.05) is 38.4 Å². The first-order chi connectivity index (χ1) is 16.9. The van der Waals surface area contributed by atoms with E-state index in [1.165, 1.54) is 15.8 Å². The second-order valence-corrected chi connectivity index (χ2v) is 8.87. The van der Waals surface area contributed by atoms with Gasteiger partial charge in [0.05, 0.1) is 18.4 Å². The molecule has 3 aliphatic heterocycles. The Morgan fingerprint density at radius 2 is 2.03 bits per heavy atom. The molecule has 6 rings (SSSR count). The first-order valence-corrected chi connectivity index (χ1v) is 11.3. The second kappa shape index (κ2) is 7.86. The monoisotopic (exact) mass is 475 g/mol. The van der Waals surface area contributed by atoms with Gasteiger partial charge in [-0.2, -0.15) is 0 Å². The summed E-state index contributed by atoms with van der Waals surface area (Å²) < 4.78 is 7.00. The van der Waals surface area contributed by atoms with Gasteiger partial charge in [0.1, 0.15) is 17.5 Å². The minimum Gasteiger partial charge on any atom is -0.446 e. The van der Waals surface area contributed by atoms with Crippen LogP contribution in [0.1, 0.15) is 56.6 Å². The number of aryl methyl sites for hydroxylation is 1. The molecular weight excluding hydrogens is 454 g/mol. The molecule has 35 heavy (non-hydrogen) atoms. The Labute approximate surface area is 198 Å². The molecule has 178 valence electrons. The standard InChI is InChI=1S/C23H21N7O5/c1-12-24-16-10-28(7-6-19(16)35-12)23(34)17-11-30(27-26-17)14-3-2-13-9-29(22(33)15(13)8-14)18-4-5-20(31)25-21(18)32/h2-3,8,11,18H,4-7,9-10H2,1H3,(H,25,31,32). The fourth-order valence-electron chi connectivity index (χ4n) is 4.84. The van der Waals surface area contributed by atoms with E-state index in [1.54, 1.807) is 30.0 Å². The van der Waals surface area contributed by atoms with E-state index in [-0.39, 0.29) is 29.8 Å². The highest BCUT2D eigenvalue weighted by molar-refractivity contribution is 6.05. The summed E-state index contributed by atoms with van der Waals surface area (Å²) in [7, 11) is 0. The van der Waals surface area contributed by atoms with Crippen LogP contribution in [0.2, 0.25) is 0 Å². The highest BCUT2D eigenvalue weighted by Crippen LogP contribution is 2.29. The summed E-state index contributed by atoms with van der Waals surface area (Å²) in [5.74, 6) is 0.0774. The summed E-state index contributed by atoms with van der Waals surface area (Å²) in [5, 5.41) is 10.4. The molecule has 0 bridgehead atoms. The molecule has 1 aromatic carbocycles. The number of amides is 4. The van der Waals surface area contributed by atoms with Gasteiger partial charge in [0.15, 0.2) is 11.6 Å². The van der Waals surface area contributed by atoms with Crippen LogP contribution >= 0.6 is 0 Å². The molecule has 12 heteroatoms. The highest BCUT2D eigenvalue weighted by Gasteiger charge is 2.39. The maximum absolute atomic E-state index is 13.1. The fraction of sp³-hybridized carbons (Fsp3) is 0.348. The Hall–Kier alpha value is -4.35. The second-order valence-electron chi connectivity index (χ2n) is 8.87. The van der Waals surface area contributed by atoms with Gasteiger partial charge >= 0.3 is 0 Å². The number of aromatic nitrogens is 4. The lowest BCUT2D eigenvalue weighted by atomic mass is 10.0. The van der Waals surface area contributed by atoms with Crippen molar-refractivity contribution in [3.8, 4) is 5.69 Å². The lowest BCUT2D eigenvalue weighted by Gasteiger charge is -2.29. The largest absolute Gasteiger partial charge is 0.446 e. The summed E-state index contributed by atoms with van der Waals surface area (Å²) in [6.45, 7) is 2.92. The first kappa shape index (κ1) is 21.2. The number of carbonyl (C=O) groups excluding carboxylic acids is 4. The smallest absolute Gasteiger partial charge is 0.276 e. The lowest BCUT2D eigenvalue weighted by Crippen LogP contribution is -2.52. The van der Waals surface area contributed by atoms with E-state index < -0.39 is 11.9 Å². The summed E-state index contributed by atoms with van der Waals surface area (Å²) in [6.07, 6.45) is 2.63. The average Bonchev–Trinajstić information content (AvgIpc) is 3.55. The summed E-state index contributed by atoms with van der Waals surface area (Å²) >= 11 is 0. The number of nitrogens with one attached hydrogen (secondary N) is 1. The van der Waals surface area contributed by atoms with E-state index >= 15 is 0 Å². The third-order valence-electron chi connectivity index (χ3n) is 6.61. The molecule has 4 amide bonds. The number of fused-ring (bicyclic) bond motifs is 2. The number of piperidine rings is 1. The molecule has 0 saturated carbocycles. The maximum atomic E-state index is 13.1. The molecule has 0 aliphatic carbocycles. The molecule has 0 spiro atoms. The fourth-order valence-corrected chi connectivity index (χ4v) is 4.84. The SMILES string of the molecule is Cc1nc2c(o1)CCN(C(=O)c1cn(-c3ccc4c(c3)C(=O)N(C3CCC(=O)NC3=O)C4)nn1)C2. The van der Waals surface area contributed by atoms with Crippen LogP contribution in [0.3, 0.4) is 0 Å². The predicted molar refractivity (Wildman–Crippen MR) is 117 cm³/mol. The third kappa shape index (κ3) is 3.57. The van der Waals surface area contributed by atoms with E-state index in [0.717, 1.165) is 17.0 Å². The van der Waals surface area contributed by atoms with Gasteiger partial charge in [-0.25, -0.2) is 9.67 Å². The van der Waals surface area contributed by atoms with Crippen LogP contribution in [0.4, 0.5) is 0 Å². The van der Waals surface area contributed by atoms with Crippen molar-refractivity contribution >= 4 is 23.6 Å². The third-order valence-corrected chi connectivity index (χ3v) is 6.61. The summed E-state index contributed by atoms with van der Waals surface area (Å²) in [4.78, 5) is 57.3. The van der Waals surface area contributed by atoms with Crippen molar-refractivity contribution in [3.63, 3.8) is 0 Å². The van der Waals surface area contributed by atoms with Gasteiger partial charge in [-0.1, -0.05) is 11.3 Å². The number of hydrogen-bond acceptors (Lipinski definition) is 8. The van der Waals surface area contributed by atoms with Crippen LogP contribution in [0.5, 0.6) is 0 Å². The Morgan fingerprint density at radius 3 is 2.86 bits per heavy atom. The molecule has 12 nitrogen and oxygen atoms in total. The van der Waals surface area contributed by atoms with Crippen LogP contribution in [-0.4, -0.2) is 66.0 Å². The molecule has 3 aliphatic rings. The van der Waals surface area contributed by atoms with Crippen molar-refractivity contribution in [2.75, 3.05) is 6.54 Å². The minimum atomic E-state index is -0.676. The van der Waals surface area contributed by atoms with Crippen molar-refractivity contribution in [2.45, 2.75) is 45.3 Å².